The first-order valence-corrected chi connectivity index (χ1v) is 8.90. The van der Waals surface area contributed by atoms with Gasteiger partial charge in [-0.15, -0.1) is 0 Å². The van der Waals surface area contributed by atoms with Gasteiger partial charge in [0, 0.05) is 38.3 Å². The normalized spacial score (nSPS) is 19.6. The largest absolute Gasteiger partial charge is 0.444 e. The van der Waals surface area contributed by atoms with E-state index in [4.69, 9.17) is 4.74 Å². The van der Waals surface area contributed by atoms with Crippen LogP contribution >= 0.6 is 0 Å². The van der Waals surface area contributed by atoms with Crippen molar-refractivity contribution in [3.8, 4) is 0 Å². The summed E-state index contributed by atoms with van der Waals surface area (Å²) >= 11 is 0. The molecule has 0 spiro atoms. The lowest BCUT2D eigenvalue weighted by Gasteiger charge is -2.26. The van der Waals surface area contributed by atoms with E-state index in [1.165, 1.54) is 5.69 Å². The Morgan fingerprint density at radius 3 is 2.75 bits per heavy atom. The summed E-state index contributed by atoms with van der Waals surface area (Å²) in [4.78, 5) is 14.1. The number of hydrogen-bond donors (Lipinski definition) is 1. The number of aryl methyl sites for hydroxylation is 2. The van der Waals surface area contributed by atoms with Gasteiger partial charge < -0.3 is 15.0 Å². The molecule has 1 fully saturated rings. The van der Waals surface area contributed by atoms with Crippen LogP contribution in [0.15, 0.2) is 6.07 Å². The Bertz CT molecular complexity index is 562. The lowest BCUT2D eigenvalue weighted by molar-refractivity contribution is 0.0285. The number of carbonyl (C=O) groups is 1. The molecular weight excluding hydrogens is 304 g/mol. The second kappa shape index (κ2) is 7.55. The highest BCUT2D eigenvalue weighted by Crippen LogP contribution is 2.24. The molecule has 6 heteroatoms. The Kier molecular flexibility index (Phi) is 5.91. The molecule has 1 aliphatic heterocycles. The molecule has 0 bridgehead atoms. The predicted octanol–water partition coefficient (Wildman–Crippen LogP) is 2.37. The van der Waals surface area contributed by atoms with Gasteiger partial charge in [0.05, 0.1) is 5.69 Å². The van der Waals surface area contributed by atoms with Gasteiger partial charge in [0.2, 0.25) is 0 Å². The molecule has 1 aromatic heterocycles. The van der Waals surface area contributed by atoms with Crippen LogP contribution in [0, 0.1) is 5.92 Å². The SMILES string of the molecule is CCc1cc(CC(NC)C2CCN(C(=O)OC(C)(C)C)C2)n(C)n1. The van der Waals surface area contributed by atoms with Crippen molar-refractivity contribution in [1.29, 1.82) is 0 Å². The van der Waals surface area contributed by atoms with E-state index in [9.17, 15) is 4.79 Å². The third-order valence-corrected chi connectivity index (χ3v) is 4.63. The number of hydrogen-bond acceptors (Lipinski definition) is 4. The van der Waals surface area contributed by atoms with Crippen LogP contribution in [0.5, 0.6) is 0 Å². The van der Waals surface area contributed by atoms with Crippen molar-refractivity contribution in [2.24, 2.45) is 13.0 Å². The molecule has 24 heavy (non-hydrogen) atoms. The molecule has 136 valence electrons. The highest BCUT2D eigenvalue weighted by molar-refractivity contribution is 5.68. The molecule has 2 unspecified atom stereocenters. The van der Waals surface area contributed by atoms with Gasteiger partial charge in [-0.3, -0.25) is 4.68 Å². The van der Waals surface area contributed by atoms with E-state index in [0.717, 1.165) is 38.0 Å². The predicted molar refractivity (Wildman–Crippen MR) is 95.1 cm³/mol. The third-order valence-electron chi connectivity index (χ3n) is 4.63. The molecule has 0 radical (unpaired) electrons. The highest BCUT2D eigenvalue weighted by Gasteiger charge is 2.33. The number of nitrogens with zero attached hydrogens (tertiary/aromatic N) is 3. The second-order valence-corrected chi connectivity index (χ2v) is 7.68. The number of aromatic nitrogens is 2. The van der Waals surface area contributed by atoms with Crippen molar-refractivity contribution in [2.45, 2.75) is 58.6 Å². The van der Waals surface area contributed by atoms with Gasteiger partial charge in [-0.1, -0.05) is 6.92 Å². The van der Waals surface area contributed by atoms with Crippen molar-refractivity contribution in [3.05, 3.63) is 17.5 Å². The number of amides is 1. The quantitative estimate of drug-likeness (QED) is 0.897. The van der Waals surface area contributed by atoms with Crippen LogP contribution < -0.4 is 5.32 Å². The minimum Gasteiger partial charge on any atom is -0.444 e. The summed E-state index contributed by atoms with van der Waals surface area (Å²) in [5.41, 5.74) is 1.93. The summed E-state index contributed by atoms with van der Waals surface area (Å²) < 4.78 is 7.47. The van der Waals surface area contributed by atoms with Gasteiger partial charge in [-0.25, -0.2) is 4.79 Å². The fourth-order valence-electron chi connectivity index (χ4n) is 3.27. The molecule has 2 heterocycles. The first kappa shape index (κ1) is 18.8. The van der Waals surface area contributed by atoms with Crippen LogP contribution in [0.1, 0.15) is 45.5 Å². The first-order chi connectivity index (χ1) is 11.2. The zero-order chi connectivity index (χ0) is 17.9. The number of likely N-dealkylation sites (N-methyl/N-ethyl adjacent to an activating group) is 1. The Morgan fingerprint density at radius 1 is 1.50 bits per heavy atom. The lowest BCUT2D eigenvalue weighted by atomic mass is 9.94. The molecular formula is C18H32N4O2. The van der Waals surface area contributed by atoms with E-state index in [2.05, 4.69) is 23.4 Å². The highest BCUT2D eigenvalue weighted by atomic mass is 16.6. The van der Waals surface area contributed by atoms with Crippen LogP contribution in [0.2, 0.25) is 0 Å². The van der Waals surface area contributed by atoms with E-state index in [1.54, 1.807) is 0 Å². The maximum absolute atomic E-state index is 12.2. The van der Waals surface area contributed by atoms with Crippen molar-refractivity contribution < 1.29 is 9.53 Å². The number of carbonyl (C=O) groups excluding carboxylic acids is 1. The van der Waals surface area contributed by atoms with Gasteiger partial charge in [-0.05, 0) is 52.6 Å². The van der Waals surface area contributed by atoms with Crippen molar-refractivity contribution >= 4 is 6.09 Å². The van der Waals surface area contributed by atoms with Gasteiger partial charge >= 0.3 is 6.09 Å². The molecule has 2 atom stereocenters. The number of nitrogens with one attached hydrogen (secondary N) is 1. The van der Waals surface area contributed by atoms with Gasteiger partial charge in [0.1, 0.15) is 5.60 Å². The Morgan fingerprint density at radius 2 is 2.21 bits per heavy atom. The molecule has 2 rings (SSSR count). The molecule has 1 amide bonds. The Labute approximate surface area is 145 Å². The van der Waals surface area contributed by atoms with Crippen molar-refractivity contribution in [2.75, 3.05) is 20.1 Å². The maximum Gasteiger partial charge on any atom is 0.410 e. The second-order valence-electron chi connectivity index (χ2n) is 7.68. The average molecular weight is 336 g/mol. The van der Waals surface area contributed by atoms with Crippen molar-refractivity contribution in [1.82, 2.24) is 20.0 Å². The van der Waals surface area contributed by atoms with E-state index < -0.39 is 5.60 Å². The van der Waals surface area contributed by atoms with E-state index in [0.29, 0.717) is 12.0 Å². The topological polar surface area (TPSA) is 59.4 Å². The van der Waals surface area contributed by atoms with Gasteiger partial charge in [0.15, 0.2) is 0 Å². The zero-order valence-electron chi connectivity index (χ0n) is 15.9. The Hall–Kier alpha value is -1.56. The molecule has 0 saturated carbocycles. The monoisotopic (exact) mass is 336 g/mol. The summed E-state index contributed by atoms with van der Waals surface area (Å²) in [6, 6.07) is 2.52. The van der Waals surface area contributed by atoms with E-state index >= 15 is 0 Å². The van der Waals surface area contributed by atoms with Crippen molar-refractivity contribution in [3.63, 3.8) is 0 Å². The van der Waals surface area contributed by atoms with Crippen LogP contribution in [0.3, 0.4) is 0 Å². The van der Waals surface area contributed by atoms with Gasteiger partial charge in [-0.2, -0.15) is 5.10 Å². The van der Waals surface area contributed by atoms with Crippen LogP contribution in [0.4, 0.5) is 4.79 Å². The van der Waals surface area contributed by atoms with Crippen LogP contribution in [-0.4, -0.2) is 52.6 Å². The Balaban J connectivity index is 1.97. The fraction of sp³-hybridized carbons (Fsp3) is 0.778. The molecule has 0 aromatic carbocycles. The lowest BCUT2D eigenvalue weighted by Crippen LogP contribution is -2.40. The summed E-state index contributed by atoms with van der Waals surface area (Å²) in [5, 5.41) is 7.97. The minimum absolute atomic E-state index is 0.200. The maximum atomic E-state index is 12.2. The van der Waals surface area contributed by atoms with Crippen LogP contribution in [0.25, 0.3) is 0 Å². The smallest absolute Gasteiger partial charge is 0.410 e. The fourth-order valence-corrected chi connectivity index (χ4v) is 3.27. The minimum atomic E-state index is -0.442. The standard InChI is InChI=1S/C18H32N4O2/c1-7-14-10-15(21(6)20-14)11-16(19-5)13-8-9-22(12-13)17(23)24-18(2,3)4/h10,13,16,19H,7-9,11-12H2,1-6H3. The van der Waals surface area contributed by atoms with E-state index in [1.807, 2.05) is 44.4 Å². The summed E-state index contributed by atoms with van der Waals surface area (Å²) in [6.45, 7) is 9.35. The summed E-state index contributed by atoms with van der Waals surface area (Å²) in [7, 11) is 4.00. The molecule has 1 aliphatic rings. The third kappa shape index (κ3) is 4.72. The summed E-state index contributed by atoms with van der Waals surface area (Å²) in [5.74, 6) is 0.433. The zero-order valence-corrected chi connectivity index (χ0v) is 15.9. The molecule has 1 aromatic rings. The number of rotatable bonds is 5. The van der Waals surface area contributed by atoms with E-state index in [-0.39, 0.29) is 6.09 Å². The number of likely N-dealkylation sites (tertiary alicyclic amines) is 1. The summed E-state index contributed by atoms with van der Waals surface area (Å²) in [6.07, 6.45) is 2.68. The molecule has 1 saturated heterocycles. The van der Waals surface area contributed by atoms with Crippen LogP contribution in [-0.2, 0) is 24.6 Å². The molecule has 0 aliphatic carbocycles. The average Bonchev–Trinajstić information content (AvgIpc) is 3.10. The first-order valence-electron chi connectivity index (χ1n) is 8.90. The molecule has 1 N–H and O–H groups in total. The van der Waals surface area contributed by atoms with Gasteiger partial charge in [0.25, 0.3) is 0 Å². The molecule has 6 nitrogen and oxygen atoms in total. The number of ether oxygens (including phenoxy) is 1.